The molecule has 0 aromatic rings. The van der Waals surface area contributed by atoms with E-state index in [1.165, 1.54) is 51.7 Å². The van der Waals surface area contributed by atoms with Crippen molar-refractivity contribution in [2.75, 3.05) is 52.9 Å². The average molecular weight is 297 g/mol. The van der Waals surface area contributed by atoms with Gasteiger partial charge in [-0.05, 0) is 38.1 Å². The molecule has 4 heteroatoms. The van der Waals surface area contributed by atoms with Crippen molar-refractivity contribution in [3.63, 3.8) is 0 Å². The van der Waals surface area contributed by atoms with E-state index in [1.807, 2.05) is 0 Å². The zero-order valence-corrected chi connectivity index (χ0v) is 14.1. The van der Waals surface area contributed by atoms with Crippen LogP contribution in [0.3, 0.4) is 0 Å². The van der Waals surface area contributed by atoms with Crippen LogP contribution in [0, 0.1) is 11.8 Å². The molecule has 21 heavy (non-hydrogen) atoms. The molecule has 124 valence electrons. The van der Waals surface area contributed by atoms with Crippen molar-refractivity contribution >= 4 is 0 Å². The van der Waals surface area contributed by atoms with Crippen LogP contribution in [0.25, 0.3) is 0 Å². The van der Waals surface area contributed by atoms with Gasteiger partial charge in [-0.3, -0.25) is 4.90 Å². The summed E-state index contributed by atoms with van der Waals surface area (Å²) in [6.45, 7) is 9.30. The summed E-state index contributed by atoms with van der Waals surface area (Å²) < 4.78 is 0. The molecule has 0 aromatic carbocycles. The Balaban J connectivity index is 1.79. The van der Waals surface area contributed by atoms with E-state index < -0.39 is 0 Å². The fourth-order valence-corrected chi connectivity index (χ4v) is 4.28. The summed E-state index contributed by atoms with van der Waals surface area (Å²) >= 11 is 0. The van der Waals surface area contributed by atoms with Gasteiger partial charge in [0.1, 0.15) is 0 Å². The molecule has 0 aromatic heterocycles. The second-order valence-electron chi connectivity index (χ2n) is 6.99. The Kier molecular flexibility index (Phi) is 7.44. The zero-order valence-electron chi connectivity index (χ0n) is 14.1. The number of aliphatic hydroxyl groups is 1. The second kappa shape index (κ2) is 9.09. The lowest BCUT2D eigenvalue weighted by Gasteiger charge is -2.41. The number of nitrogens with one attached hydrogen (secondary N) is 1. The van der Waals surface area contributed by atoms with Gasteiger partial charge >= 0.3 is 0 Å². The molecule has 0 bridgehead atoms. The molecule has 1 heterocycles. The minimum Gasteiger partial charge on any atom is -0.395 e. The number of hydrogen-bond acceptors (Lipinski definition) is 4. The van der Waals surface area contributed by atoms with E-state index >= 15 is 0 Å². The molecule has 1 aliphatic carbocycles. The fourth-order valence-electron chi connectivity index (χ4n) is 4.28. The highest BCUT2D eigenvalue weighted by atomic mass is 16.3. The Morgan fingerprint density at radius 3 is 2.43 bits per heavy atom. The summed E-state index contributed by atoms with van der Waals surface area (Å²) in [4.78, 5) is 5.03. The van der Waals surface area contributed by atoms with E-state index in [0.717, 1.165) is 31.5 Å². The number of aliphatic hydroxyl groups excluding tert-OH is 1. The van der Waals surface area contributed by atoms with Gasteiger partial charge in [-0.15, -0.1) is 0 Å². The molecule has 0 spiro atoms. The Hall–Kier alpha value is -0.160. The Morgan fingerprint density at radius 1 is 1.10 bits per heavy atom. The number of nitrogens with zero attached hydrogens (tertiary/aromatic N) is 2. The highest BCUT2D eigenvalue weighted by Crippen LogP contribution is 2.32. The first-order chi connectivity index (χ1) is 10.3. The van der Waals surface area contributed by atoms with Gasteiger partial charge in [0.25, 0.3) is 0 Å². The van der Waals surface area contributed by atoms with E-state index in [0.29, 0.717) is 12.6 Å². The van der Waals surface area contributed by atoms with Crippen molar-refractivity contribution in [1.29, 1.82) is 0 Å². The molecule has 2 fully saturated rings. The largest absolute Gasteiger partial charge is 0.395 e. The van der Waals surface area contributed by atoms with Crippen molar-refractivity contribution < 1.29 is 5.11 Å². The maximum Gasteiger partial charge on any atom is 0.0558 e. The molecule has 1 saturated carbocycles. The molecule has 1 saturated heterocycles. The van der Waals surface area contributed by atoms with Gasteiger partial charge in [0, 0.05) is 45.3 Å². The monoisotopic (exact) mass is 297 g/mol. The third-order valence-corrected chi connectivity index (χ3v) is 5.53. The maximum absolute atomic E-state index is 9.03. The Bertz CT molecular complexity index is 279. The van der Waals surface area contributed by atoms with Gasteiger partial charge in [0.05, 0.1) is 6.61 Å². The quantitative estimate of drug-likeness (QED) is 0.745. The van der Waals surface area contributed by atoms with Crippen molar-refractivity contribution in [2.24, 2.45) is 11.8 Å². The average Bonchev–Trinajstić information content (AvgIpc) is 2.50. The van der Waals surface area contributed by atoms with Crippen molar-refractivity contribution in [2.45, 2.75) is 45.1 Å². The molecule has 4 nitrogen and oxygen atoms in total. The summed E-state index contributed by atoms with van der Waals surface area (Å²) in [6, 6.07) is 0.716. The molecule has 1 aliphatic heterocycles. The maximum atomic E-state index is 9.03. The summed E-state index contributed by atoms with van der Waals surface area (Å²) in [5, 5.41) is 12.6. The van der Waals surface area contributed by atoms with Crippen molar-refractivity contribution in [3.8, 4) is 0 Å². The molecule has 0 amide bonds. The summed E-state index contributed by atoms with van der Waals surface area (Å²) in [6.07, 6.45) is 6.94. The second-order valence-corrected chi connectivity index (χ2v) is 6.99. The van der Waals surface area contributed by atoms with E-state index in [9.17, 15) is 0 Å². The van der Waals surface area contributed by atoms with Gasteiger partial charge in [-0.2, -0.15) is 0 Å². The van der Waals surface area contributed by atoms with E-state index in [1.54, 1.807) is 0 Å². The van der Waals surface area contributed by atoms with Crippen LogP contribution in [0.1, 0.15) is 39.0 Å². The van der Waals surface area contributed by atoms with Crippen LogP contribution < -0.4 is 5.32 Å². The smallest absolute Gasteiger partial charge is 0.0558 e. The normalized spacial score (nSPS) is 32.4. The Morgan fingerprint density at radius 2 is 1.81 bits per heavy atom. The number of β-amino-alcohol motifs (C(OH)–C–C–N with tert-alkyl or cyclic N) is 1. The van der Waals surface area contributed by atoms with E-state index in [4.69, 9.17) is 5.11 Å². The predicted octanol–water partition coefficient (Wildman–Crippen LogP) is 1.40. The first kappa shape index (κ1) is 17.2. The molecular weight excluding hydrogens is 262 g/mol. The molecular formula is C17H35N3O. The molecule has 3 atom stereocenters. The van der Waals surface area contributed by atoms with Crippen LogP contribution >= 0.6 is 0 Å². The first-order valence-corrected chi connectivity index (χ1v) is 8.99. The highest BCUT2D eigenvalue weighted by molar-refractivity contribution is 4.87. The molecule has 3 unspecified atom stereocenters. The molecule has 2 rings (SSSR count). The van der Waals surface area contributed by atoms with Crippen molar-refractivity contribution in [1.82, 2.24) is 15.1 Å². The summed E-state index contributed by atoms with van der Waals surface area (Å²) in [5.41, 5.74) is 0. The lowest BCUT2D eigenvalue weighted by atomic mass is 9.76. The van der Waals surface area contributed by atoms with Crippen LogP contribution in [0.15, 0.2) is 0 Å². The lowest BCUT2D eigenvalue weighted by Crippen LogP contribution is -2.51. The number of piperazine rings is 1. The van der Waals surface area contributed by atoms with Gasteiger partial charge < -0.3 is 15.3 Å². The first-order valence-electron chi connectivity index (χ1n) is 8.99. The third-order valence-electron chi connectivity index (χ3n) is 5.53. The number of rotatable bonds is 7. The molecule has 2 aliphatic rings. The van der Waals surface area contributed by atoms with Gasteiger partial charge in [-0.1, -0.05) is 19.8 Å². The van der Waals surface area contributed by atoms with Gasteiger partial charge in [0.2, 0.25) is 0 Å². The Labute approximate surface area is 130 Å². The van der Waals surface area contributed by atoms with Crippen molar-refractivity contribution in [3.05, 3.63) is 0 Å². The lowest BCUT2D eigenvalue weighted by molar-refractivity contribution is 0.0801. The van der Waals surface area contributed by atoms with Crippen LogP contribution in [0.4, 0.5) is 0 Å². The third kappa shape index (κ3) is 5.20. The SMILES string of the molecule is CCCC1CCC(NC)C(CN2CCN(CCO)CC2)C1. The van der Waals surface area contributed by atoms with Crippen LogP contribution in [-0.2, 0) is 0 Å². The fraction of sp³-hybridized carbons (Fsp3) is 1.00. The number of hydrogen-bond donors (Lipinski definition) is 2. The van der Waals surface area contributed by atoms with E-state index in [-0.39, 0.29) is 0 Å². The van der Waals surface area contributed by atoms with Crippen LogP contribution in [0.2, 0.25) is 0 Å². The zero-order chi connectivity index (χ0) is 15.1. The van der Waals surface area contributed by atoms with Crippen LogP contribution in [0.5, 0.6) is 0 Å². The topological polar surface area (TPSA) is 38.7 Å². The molecule has 0 radical (unpaired) electrons. The minimum absolute atomic E-state index is 0.295. The van der Waals surface area contributed by atoms with Crippen LogP contribution in [-0.4, -0.2) is 73.9 Å². The summed E-state index contributed by atoms with van der Waals surface area (Å²) in [7, 11) is 2.14. The minimum atomic E-state index is 0.295. The van der Waals surface area contributed by atoms with Gasteiger partial charge in [-0.25, -0.2) is 0 Å². The summed E-state index contributed by atoms with van der Waals surface area (Å²) in [5.74, 6) is 1.78. The highest BCUT2D eigenvalue weighted by Gasteiger charge is 2.31. The standard InChI is InChI=1S/C17H35N3O/c1-3-4-15-5-6-17(18-2)16(13-15)14-20-9-7-19(8-10-20)11-12-21/h15-18,21H,3-14H2,1-2H3. The van der Waals surface area contributed by atoms with Gasteiger partial charge in [0.15, 0.2) is 0 Å². The van der Waals surface area contributed by atoms with E-state index in [2.05, 4.69) is 29.1 Å². The predicted molar refractivity (Wildman–Crippen MR) is 88.6 cm³/mol. The molecule has 2 N–H and O–H groups in total.